The molecule has 2 aromatic carbocycles. The number of ether oxygens (including phenoxy) is 1. The van der Waals surface area contributed by atoms with Gasteiger partial charge in [0.05, 0.1) is 11.6 Å². The summed E-state index contributed by atoms with van der Waals surface area (Å²) in [6.45, 7) is 2.64. The molecule has 2 aromatic rings. The van der Waals surface area contributed by atoms with Gasteiger partial charge in [0.15, 0.2) is 0 Å². The van der Waals surface area contributed by atoms with Crippen molar-refractivity contribution in [2.75, 3.05) is 12.4 Å². The topological polar surface area (TPSA) is 21.3 Å². The van der Waals surface area contributed by atoms with Gasteiger partial charge in [-0.2, -0.15) is 0 Å². The molecular formula is C15H15BrFNO. The first-order valence-electron chi connectivity index (χ1n) is 5.92. The van der Waals surface area contributed by atoms with Crippen LogP contribution >= 0.6 is 15.9 Å². The average molecular weight is 324 g/mol. The Labute approximate surface area is 120 Å². The Kier molecular flexibility index (Phi) is 4.43. The van der Waals surface area contributed by atoms with E-state index in [1.54, 1.807) is 19.2 Å². The van der Waals surface area contributed by atoms with Crippen molar-refractivity contribution < 1.29 is 9.13 Å². The highest BCUT2D eigenvalue weighted by atomic mass is 79.9. The number of halogens is 2. The molecule has 0 atom stereocenters. The maximum Gasteiger partial charge on any atom is 0.137 e. The van der Waals surface area contributed by atoms with Crippen molar-refractivity contribution in [1.29, 1.82) is 0 Å². The van der Waals surface area contributed by atoms with Crippen LogP contribution in [-0.4, -0.2) is 7.11 Å². The lowest BCUT2D eigenvalue weighted by Crippen LogP contribution is -2.00. The maximum absolute atomic E-state index is 13.1. The number of benzene rings is 2. The fraction of sp³-hybridized carbons (Fsp3) is 0.200. The molecule has 0 spiro atoms. The standard InChI is InChI=1S/C15H15BrFNO/c1-10-7-12(4-6-15(10)19-2)18-9-11-3-5-14(17)13(16)8-11/h3-8,18H,9H2,1-2H3. The number of hydrogen-bond acceptors (Lipinski definition) is 2. The monoisotopic (exact) mass is 323 g/mol. The number of nitrogens with one attached hydrogen (secondary N) is 1. The molecule has 0 unspecified atom stereocenters. The molecule has 0 heterocycles. The first-order valence-corrected chi connectivity index (χ1v) is 6.72. The van der Waals surface area contributed by atoms with E-state index >= 15 is 0 Å². The Hall–Kier alpha value is -1.55. The van der Waals surface area contributed by atoms with Crippen LogP contribution < -0.4 is 10.1 Å². The van der Waals surface area contributed by atoms with Gasteiger partial charge in [-0.25, -0.2) is 4.39 Å². The Morgan fingerprint density at radius 3 is 2.63 bits per heavy atom. The highest BCUT2D eigenvalue weighted by Gasteiger charge is 2.02. The molecule has 4 heteroatoms. The lowest BCUT2D eigenvalue weighted by Gasteiger charge is -2.10. The molecule has 0 aliphatic carbocycles. The van der Waals surface area contributed by atoms with E-state index in [1.807, 2.05) is 25.1 Å². The zero-order valence-corrected chi connectivity index (χ0v) is 12.4. The molecular weight excluding hydrogens is 309 g/mol. The number of hydrogen-bond donors (Lipinski definition) is 1. The van der Waals surface area contributed by atoms with Crippen molar-refractivity contribution >= 4 is 21.6 Å². The second-order valence-electron chi connectivity index (χ2n) is 4.29. The summed E-state index contributed by atoms with van der Waals surface area (Å²) in [6.07, 6.45) is 0. The van der Waals surface area contributed by atoms with Gasteiger partial charge in [0.25, 0.3) is 0 Å². The SMILES string of the molecule is COc1ccc(NCc2ccc(F)c(Br)c2)cc1C. The molecule has 0 saturated heterocycles. The van der Waals surface area contributed by atoms with E-state index in [4.69, 9.17) is 4.74 Å². The summed E-state index contributed by atoms with van der Waals surface area (Å²) in [5.41, 5.74) is 3.10. The van der Waals surface area contributed by atoms with Crippen LogP contribution in [0.25, 0.3) is 0 Å². The summed E-state index contributed by atoms with van der Waals surface area (Å²) >= 11 is 3.18. The molecule has 0 aliphatic rings. The zero-order chi connectivity index (χ0) is 13.8. The van der Waals surface area contributed by atoms with E-state index in [-0.39, 0.29) is 5.82 Å². The van der Waals surface area contributed by atoms with Crippen molar-refractivity contribution in [1.82, 2.24) is 0 Å². The second-order valence-corrected chi connectivity index (χ2v) is 5.14. The smallest absolute Gasteiger partial charge is 0.137 e. The van der Waals surface area contributed by atoms with E-state index in [0.717, 1.165) is 22.6 Å². The molecule has 0 aromatic heterocycles. The Balaban J connectivity index is 2.05. The minimum absolute atomic E-state index is 0.246. The van der Waals surface area contributed by atoms with Crippen LogP contribution in [0.1, 0.15) is 11.1 Å². The molecule has 0 bridgehead atoms. The summed E-state index contributed by atoms with van der Waals surface area (Å²) in [6, 6.07) is 10.9. The summed E-state index contributed by atoms with van der Waals surface area (Å²) < 4.78 is 18.8. The fourth-order valence-electron chi connectivity index (χ4n) is 1.84. The molecule has 0 aliphatic heterocycles. The Morgan fingerprint density at radius 1 is 1.21 bits per heavy atom. The third-order valence-electron chi connectivity index (χ3n) is 2.88. The first-order chi connectivity index (χ1) is 9.10. The lowest BCUT2D eigenvalue weighted by atomic mass is 10.2. The van der Waals surface area contributed by atoms with Gasteiger partial charge in [-0.15, -0.1) is 0 Å². The Bertz CT molecular complexity index is 586. The molecule has 2 nitrogen and oxygen atoms in total. The summed E-state index contributed by atoms with van der Waals surface area (Å²) in [5.74, 6) is 0.624. The van der Waals surface area contributed by atoms with Crippen LogP contribution in [0.2, 0.25) is 0 Å². The number of rotatable bonds is 4. The fourth-order valence-corrected chi connectivity index (χ4v) is 2.27. The van der Waals surface area contributed by atoms with Gasteiger partial charge in [-0.3, -0.25) is 0 Å². The number of methoxy groups -OCH3 is 1. The highest BCUT2D eigenvalue weighted by molar-refractivity contribution is 9.10. The van der Waals surface area contributed by atoms with E-state index in [1.165, 1.54) is 6.07 Å². The van der Waals surface area contributed by atoms with Gasteiger partial charge < -0.3 is 10.1 Å². The third kappa shape index (κ3) is 3.47. The van der Waals surface area contributed by atoms with Crippen LogP contribution in [-0.2, 0) is 6.54 Å². The number of aryl methyl sites for hydroxylation is 1. The molecule has 0 fully saturated rings. The zero-order valence-electron chi connectivity index (χ0n) is 10.8. The van der Waals surface area contributed by atoms with Gasteiger partial charge in [0.1, 0.15) is 11.6 Å². The van der Waals surface area contributed by atoms with Crippen LogP contribution in [0.4, 0.5) is 10.1 Å². The minimum Gasteiger partial charge on any atom is -0.496 e. The summed E-state index contributed by atoms with van der Waals surface area (Å²) in [5, 5.41) is 3.30. The first kappa shape index (κ1) is 13.9. The molecule has 2 rings (SSSR count). The maximum atomic E-state index is 13.1. The van der Waals surface area contributed by atoms with Gasteiger partial charge in [0.2, 0.25) is 0 Å². The van der Waals surface area contributed by atoms with Crippen molar-refractivity contribution in [2.24, 2.45) is 0 Å². The van der Waals surface area contributed by atoms with Gasteiger partial charge >= 0.3 is 0 Å². The average Bonchev–Trinajstić information content (AvgIpc) is 2.40. The predicted molar refractivity (Wildman–Crippen MR) is 79.2 cm³/mol. The van der Waals surface area contributed by atoms with Crippen molar-refractivity contribution in [2.45, 2.75) is 13.5 Å². The van der Waals surface area contributed by atoms with Crippen LogP contribution in [0.15, 0.2) is 40.9 Å². The largest absolute Gasteiger partial charge is 0.496 e. The van der Waals surface area contributed by atoms with Gasteiger partial charge in [-0.1, -0.05) is 6.07 Å². The van der Waals surface area contributed by atoms with Crippen molar-refractivity contribution in [3.8, 4) is 5.75 Å². The Morgan fingerprint density at radius 2 is 2.00 bits per heavy atom. The highest BCUT2D eigenvalue weighted by Crippen LogP contribution is 2.22. The van der Waals surface area contributed by atoms with E-state index in [0.29, 0.717) is 11.0 Å². The van der Waals surface area contributed by atoms with Crippen molar-refractivity contribution in [3.05, 3.63) is 57.8 Å². The number of anilines is 1. The molecule has 1 N–H and O–H groups in total. The molecule has 0 radical (unpaired) electrons. The predicted octanol–water partition coefficient (Wildman–Crippen LogP) is 4.52. The van der Waals surface area contributed by atoms with E-state index in [9.17, 15) is 4.39 Å². The molecule has 100 valence electrons. The van der Waals surface area contributed by atoms with Crippen LogP contribution in [0.3, 0.4) is 0 Å². The van der Waals surface area contributed by atoms with Gasteiger partial charge in [0, 0.05) is 12.2 Å². The second kappa shape index (κ2) is 6.06. The van der Waals surface area contributed by atoms with Crippen LogP contribution in [0, 0.1) is 12.7 Å². The minimum atomic E-state index is -0.246. The van der Waals surface area contributed by atoms with Crippen LogP contribution in [0.5, 0.6) is 5.75 Å². The normalized spacial score (nSPS) is 10.3. The van der Waals surface area contributed by atoms with E-state index in [2.05, 4.69) is 21.2 Å². The lowest BCUT2D eigenvalue weighted by molar-refractivity contribution is 0.412. The van der Waals surface area contributed by atoms with Crippen molar-refractivity contribution in [3.63, 3.8) is 0 Å². The quantitative estimate of drug-likeness (QED) is 0.893. The molecule has 0 amide bonds. The van der Waals surface area contributed by atoms with E-state index < -0.39 is 0 Å². The van der Waals surface area contributed by atoms with Gasteiger partial charge in [-0.05, 0) is 64.3 Å². The molecule has 0 saturated carbocycles. The third-order valence-corrected chi connectivity index (χ3v) is 3.48. The molecule has 19 heavy (non-hydrogen) atoms. The summed E-state index contributed by atoms with van der Waals surface area (Å²) in [7, 11) is 1.66. The summed E-state index contributed by atoms with van der Waals surface area (Å²) in [4.78, 5) is 0.